The highest BCUT2D eigenvalue weighted by Gasteiger charge is 2.30. The average molecular weight is 410 g/mol. The van der Waals surface area contributed by atoms with Gasteiger partial charge in [-0.25, -0.2) is 4.98 Å². The molecule has 9 heteroatoms. The Morgan fingerprint density at radius 1 is 1.19 bits per heavy atom. The van der Waals surface area contributed by atoms with E-state index in [1.54, 1.807) is 11.8 Å². The molecule has 0 N–H and O–H groups in total. The van der Waals surface area contributed by atoms with Crippen LogP contribution in [0, 0.1) is 0 Å². The summed E-state index contributed by atoms with van der Waals surface area (Å²) in [7, 11) is 0. The smallest absolute Gasteiger partial charge is 0.306 e. The van der Waals surface area contributed by atoms with Crippen molar-refractivity contribution in [3.63, 3.8) is 0 Å². The molecule has 0 radical (unpaired) electrons. The summed E-state index contributed by atoms with van der Waals surface area (Å²) in [5, 5.41) is 12.2. The van der Waals surface area contributed by atoms with Crippen LogP contribution in [0.1, 0.15) is 42.8 Å². The number of halogens is 3. The van der Waals surface area contributed by atoms with Crippen LogP contribution in [0.4, 0.5) is 13.2 Å². The van der Waals surface area contributed by atoms with Gasteiger partial charge in [0.1, 0.15) is 10.8 Å². The van der Waals surface area contributed by atoms with Crippen molar-refractivity contribution in [3.8, 4) is 10.6 Å². The molecule has 1 fully saturated rings. The standard InChI is InChI=1S/C18H17F3N4S2/c1-2-25-15(11-3-4-11)23-24-17(25)27-10-14-9-26-16(22-14)12-5-7-13(8-6-12)18(19,20)21/h5-9,11H,2-4,10H2,1H3. The van der Waals surface area contributed by atoms with Crippen LogP contribution in [0.5, 0.6) is 0 Å². The van der Waals surface area contributed by atoms with Gasteiger partial charge in [-0.05, 0) is 31.9 Å². The second-order valence-electron chi connectivity index (χ2n) is 6.37. The molecule has 4 nitrogen and oxygen atoms in total. The van der Waals surface area contributed by atoms with E-state index in [9.17, 15) is 13.2 Å². The van der Waals surface area contributed by atoms with Gasteiger partial charge >= 0.3 is 6.18 Å². The van der Waals surface area contributed by atoms with E-state index in [2.05, 4.69) is 26.7 Å². The molecule has 1 aliphatic carbocycles. The van der Waals surface area contributed by atoms with Gasteiger partial charge in [0, 0.05) is 29.2 Å². The molecule has 2 heterocycles. The van der Waals surface area contributed by atoms with Gasteiger partial charge in [-0.2, -0.15) is 13.2 Å². The molecule has 1 aliphatic rings. The van der Waals surface area contributed by atoms with Crippen LogP contribution >= 0.6 is 23.1 Å². The fraction of sp³-hybridized carbons (Fsp3) is 0.389. The topological polar surface area (TPSA) is 43.6 Å². The third-order valence-electron chi connectivity index (χ3n) is 4.36. The van der Waals surface area contributed by atoms with Crippen LogP contribution in [0.25, 0.3) is 10.6 Å². The quantitative estimate of drug-likeness (QED) is 0.496. The van der Waals surface area contributed by atoms with E-state index in [1.165, 1.54) is 36.3 Å². The Bertz CT molecular complexity index is 927. The zero-order chi connectivity index (χ0) is 19.0. The number of rotatable bonds is 6. The molecule has 0 aliphatic heterocycles. The van der Waals surface area contributed by atoms with Gasteiger partial charge in [0.25, 0.3) is 0 Å². The lowest BCUT2D eigenvalue weighted by molar-refractivity contribution is -0.137. The van der Waals surface area contributed by atoms with E-state index >= 15 is 0 Å². The van der Waals surface area contributed by atoms with Crippen molar-refractivity contribution < 1.29 is 13.2 Å². The first-order valence-corrected chi connectivity index (χ1v) is 10.5. The average Bonchev–Trinajstić information content (AvgIpc) is 3.24. The Morgan fingerprint density at radius 3 is 2.56 bits per heavy atom. The highest BCUT2D eigenvalue weighted by atomic mass is 32.2. The first-order valence-electron chi connectivity index (χ1n) is 8.63. The van der Waals surface area contributed by atoms with E-state index in [1.807, 2.05) is 5.38 Å². The second-order valence-corrected chi connectivity index (χ2v) is 8.17. The first kappa shape index (κ1) is 18.5. The Balaban J connectivity index is 1.44. The fourth-order valence-corrected chi connectivity index (χ4v) is 4.63. The normalized spacial score (nSPS) is 14.7. The molecule has 0 spiro atoms. The molecule has 0 unspecified atom stereocenters. The van der Waals surface area contributed by atoms with Gasteiger partial charge in [0.05, 0.1) is 11.3 Å². The zero-order valence-corrected chi connectivity index (χ0v) is 16.2. The maximum absolute atomic E-state index is 12.7. The van der Waals surface area contributed by atoms with Crippen LogP contribution in [-0.2, 0) is 18.5 Å². The SMILES string of the molecule is CCn1c(SCc2csc(-c3ccc(C(F)(F)F)cc3)n2)nnc1C1CC1. The summed E-state index contributed by atoms with van der Waals surface area (Å²) < 4.78 is 40.2. The number of nitrogens with zero attached hydrogens (tertiary/aromatic N) is 4. The minimum absolute atomic E-state index is 0.553. The lowest BCUT2D eigenvalue weighted by Gasteiger charge is -2.06. The van der Waals surface area contributed by atoms with Crippen LogP contribution < -0.4 is 0 Å². The second kappa shape index (κ2) is 7.27. The monoisotopic (exact) mass is 410 g/mol. The van der Waals surface area contributed by atoms with Gasteiger partial charge in [-0.3, -0.25) is 0 Å². The van der Waals surface area contributed by atoms with E-state index in [0.717, 1.165) is 40.4 Å². The molecule has 1 saturated carbocycles. The van der Waals surface area contributed by atoms with Crippen molar-refractivity contribution in [3.05, 3.63) is 46.7 Å². The van der Waals surface area contributed by atoms with Crippen LogP contribution in [0.3, 0.4) is 0 Å². The molecule has 0 amide bonds. The van der Waals surface area contributed by atoms with E-state index < -0.39 is 11.7 Å². The number of hydrogen-bond acceptors (Lipinski definition) is 5. The Morgan fingerprint density at radius 2 is 1.93 bits per heavy atom. The van der Waals surface area contributed by atoms with Gasteiger partial charge in [0.15, 0.2) is 5.16 Å². The molecule has 0 saturated heterocycles. The van der Waals surface area contributed by atoms with Crippen LogP contribution in [0.2, 0.25) is 0 Å². The summed E-state index contributed by atoms with van der Waals surface area (Å²) in [6, 6.07) is 5.12. The molecule has 4 rings (SSSR count). The maximum atomic E-state index is 12.7. The van der Waals surface area contributed by atoms with Crippen molar-refractivity contribution in [2.75, 3.05) is 0 Å². The minimum atomic E-state index is -4.32. The predicted molar refractivity (Wildman–Crippen MR) is 99.8 cm³/mol. The van der Waals surface area contributed by atoms with Gasteiger partial charge in [0.2, 0.25) is 0 Å². The Kier molecular flexibility index (Phi) is 4.98. The molecule has 2 aromatic heterocycles. The number of aromatic nitrogens is 4. The molecular formula is C18H17F3N4S2. The predicted octanol–water partition coefficient (Wildman–Crippen LogP) is 5.61. The lowest BCUT2D eigenvalue weighted by Crippen LogP contribution is -2.03. The van der Waals surface area contributed by atoms with Crippen LogP contribution in [0.15, 0.2) is 34.8 Å². The summed E-state index contributed by atoms with van der Waals surface area (Å²) in [6.07, 6.45) is -1.95. The lowest BCUT2D eigenvalue weighted by atomic mass is 10.1. The third kappa shape index (κ3) is 4.03. The van der Waals surface area contributed by atoms with Gasteiger partial charge < -0.3 is 4.57 Å². The molecule has 1 aromatic carbocycles. The van der Waals surface area contributed by atoms with Gasteiger partial charge in [-0.1, -0.05) is 23.9 Å². The number of hydrogen-bond donors (Lipinski definition) is 0. The summed E-state index contributed by atoms with van der Waals surface area (Å²) in [5.41, 5.74) is 0.930. The molecule has 0 bridgehead atoms. The number of thiazole rings is 1. The highest BCUT2D eigenvalue weighted by Crippen LogP contribution is 2.40. The number of thioether (sulfide) groups is 1. The summed E-state index contributed by atoms with van der Waals surface area (Å²) >= 11 is 3.02. The zero-order valence-electron chi connectivity index (χ0n) is 14.5. The molecule has 3 aromatic rings. The van der Waals surface area contributed by atoms with Crippen LogP contribution in [-0.4, -0.2) is 19.7 Å². The van der Waals surface area contributed by atoms with Crippen molar-refractivity contribution >= 4 is 23.1 Å². The van der Waals surface area contributed by atoms with Crippen molar-refractivity contribution in [1.29, 1.82) is 0 Å². The summed E-state index contributed by atoms with van der Waals surface area (Å²) in [4.78, 5) is 4.56. The molecule has 142 valence electrons. The largest absolute Gasteiger partial charge is 0.416 e. The van der Waals surface area contributed by atoms with Crippen molar-refractivity contribution in [2.24, 2.45) is 0 Å². The van der Waals surface area contributed by atoms with Gasteiger partial charge in [-0.15, -0.1) is 21.5 Å². The minimum Gasteiger partial charge on any atom is -0.306 e. The van der Waals surface area contributed by atoms with E-state index in [-0.39, 0.29) is 0 Å². The van der Waals surface area contributed by atoms with Crippen molar-refractivity contribution in [1.82, 2.24) is 19.7 Å². The number of alkyl halides is 3. The maximum Gasteiger partial charge on any atom is 0.416 e. The molecule has 27 heavy (non-hydrogen) atoms. The first-order chi connectivity index (χ1) is 13.0. The Hall–Kier alpha value is -1.87. The third-order valence-corrected chi connectivity index (χ3v) is 6.30. The van der Waals surface area contributed by atoms with E-state index in [0.29, 0.717) is 17.2 Å². The fourth-order valence-electron chi connectivity index (χ4n) is 2.79. The Labute approximate surface area is 162 Å². The number of benzene rings is 1. The highest BCUT2D eigenvalue weighted by molar-refractivity contribution is 7.98. The molecule has 0 atom stereocenters. The van der Waals surface area contributed by atoms with Crippen molar-refractivity contribution in [2.45, 2.75) is 49.3 Å². The summed E-state index contributed by atoms with van der Waals surface area (Å²) in [5.74, 6) is 2.28. The summed E-state index contributed by atoms with van der Waals surface area (Å²) in [6.45, 7) is 2.93. The molecular weight excluding hydrogens is 393 g/mol. The van der Waals surface area contributed by atoms with E-state index in [4.69, 9.17) is 0 Å².